The van der Waals surface area contributed by atoms with Gasteiger partial charge in [0.25, 0.3) is 0 Å². The number of rotatable bonds is 6. The molecule has 1 aromatic heterocycles. The van der Waals surface area contributed by atoms with Crippen LogP contribution in [0.25, 0.3) is 11.0 Å². The van der Waals surface area contributed by atoms with Gasteiger partial charge in [-0.1, -0.05) is 30.7 Å². The minimum absolute atomic E-state index is 0.0710. The van der Waals surface area contributed by atoms with Gasteiger partial charge >= 0.3 is 11.6 Å². The summed E-state index contributed by atoms with van der Waals surface area (Å²) in [6.07, 6.45) is 0.935. The third kappa shape index (κ3) is 4.68. The molecule has 5 nitrogen and oxygen atoms in total. The summed E-state index contributed by atoms with van der Waals surface area (Å²) in [4.78, 5) is 23.7. The standard InChI is InChI=1S/C21H19ClO5/c1-3-14-4-6-16(7-5-14)25-12-21(24)26-11-15-9-20(23)27-19-8-13(2)18(22)10-17(15)19/h4-10H,3,11-12H2,1-2H3. The summed E-state index contributed by atoms with van der Waals surface area (Å²) in [5, 5.41) is 1.18. The van der Waals surface area contributed by atoms with E-state index in [1.54, 1.807) is 12.1 Å². The molecular formula is C21H19ClO5. The molecule has 3 aromatic rings. The minimum Gasteiger partial charge on any atom is -0.482 e. The van der Waals surface area contributed by atoms with E-state index in [-0.39, 0.29) is 13.2 Å². The predicted molar refractivity (Wildman–Crippen MR) is 103 cm³/mol. The van der Waals surface area contributed by atoms with E-state index >= 15 is 0 Å². The second-order valence-corrected chi connectivity index (χ2v) is 6.54. The monoisotopic (exact) mass is 386 g/mol. The summed E-state index contributed by atoms with van der Waals surface area (Å²) in [6, 6.07) is 12.2. The van der Waals surface area contributed by atoms with Crippen LogP contribution in [0.5, 0.6) is 5.75 Å². The van der Waals surface area contributed by atoms with Crippen molar-refractivity contribution in [3.63, 3.8) is 0 Å². The van der Waals surface area contributed by atoms with E-state index in [0.717, 1.165) is 12.0 Å². The number of carbonyl (C=O) groups excluding carboxylic acids is 1. The smallest absolute Gasteiger partial charge is 0.344 e. The molecule has 1 heterocycles. The maximum Gasteiger partial charge on any atom is 0.344 e. The Kier molecular flexibility index (Phi) is 5.81. The van der Waals surface area contributed by atoms with E-state index in [1.165, 1.54) is 11.6 Å². The number of benzene rings is 2. The third-order valence-electron chi connectivity index (χ3n) is 4.19. The zero-order chi connectivity index (χ0) is 19.4. The number of hydrogen-bond donors (Lipinski definition) is 0. The first-order valence-corrected chi connectivity index (χ1v) is 8.94. The largest absolute Gasteiger partial charge is 0.482 e. The van der Waals surface area contributed by atoms with Gasteiger partial charge in [0.1, 0.15) is 17.9 Å². The van der Waals surface area contributed by atoms with Gasteiger partial charge in [-0.3, -0.25) is 0 Å². The van der Waals surface area contributed by atoms with E-state index in [0.29, 0.717) is 27.3 Å². The first kappa shape index (κ1) is 19.0. The number of carbonyl (C=O) groups is 1. The van der Waals surface area contributed by atoms with Crippen molar-refractivity contribution in [1.82, 2.24) is 0 Å². The molecule has 0 spiro atoms. The summed E-state index contributed by atoms with van der Waals surface area (Å²) in [5.74, 6) is 0.0615. The number of ether oxygens (including phenoxy) is 2. The molecular weight excluding hydrogens is 368 g/mol. The quantitative estimate of drug-likeness (QED) is 0.463. The van der Waals surface area contributed by atoms with Gasteiger partial charge in [0.2, 0.25) is 0 Å². The summed E-state index contributed by atoms with van der Waals surface area (Å²) in [6.45, 7) is 3.59. The van der Waals surface area contributed by atoms with Crippen LogP contribution in [-0.4, -0.2) is 12.6 Å². The number of fused-ring (bicyclic) bond motifs is 1. The van der Waals surface area contributed by atoms with Crippen LogP contribution in [0.3, 0.4) is 0 Å². The average molecular weight is 387 g/mol. The maximum atomic E-state index is 12.0. The van der Waals surface area contributed by atoms with Gasteiger partial charge in [-0.05, 0) is 48.7 Å². The highest BCUT2D eigenvalue weighted by molar-refractivity contribution is 6.32. The van der Waals surface area contributed by atoms with Crippen LogP contribution in [0, 0.1) is 6.92 Å². The summed E-state index contributed by atoms with van der Waals surface area (Å²) in [7, 11) is 0. The normalized spacial score (nSPS) is 10.8. The average Bonchev–Trinajstić information content (AvgIpc) is 2.66. The van der Waals surface area contributed by atoms with Crippen molar-refractivity contribution in [3.05, 3.63) is 74.6 Å². The highest BCUT2D eigenvalue weighted by Gasteiger charge is 2.11. The van der Waals surface area contributed by atoms with Gasteiger partial charge in [-0.25, -0.2) is 9.59 Å². The van der Waals surface area contributed by atoms with Crippen LogP contribution >= 0.6 is 11.6 Å². The molecule has 0 aliphatic heterocycles. The molecule has 0 aliphatic carbocycles. The second kappa shape index (κ2) is 8.27. The second-order valence-electron chi connectivity index (χ2n) is 6.14. The molecule has 140 valence electrons. The Hall–Kier alpha value is -2.79. The lowest BCUT2D eigenvalue weighted by atomic mass is 10.1. The molecule has 0 amide bonds. The molecule has 27 heavy (non-hydrogen) atoms. The molecule has 0 bridgehead atoms. The Morgan fingerprint density at radius 2 is 1.89 bits per heavy atom. The van der Waals surface area contributed by atoms with Gasteiger partial charge in [0, 0.05) is 22.0 Å². The molecule has 2 aromatic carbocycles. The van der Waals surface area contributed by atoms with Crippen molar-refractivity contribution in [2.24, 2.45) is 0 Å². The lowest BCUT2D eigenvalue weighted by molar-refractivity contribution is -0.147. The van der Waals surface area contributed by atoms with Crippen LogP contribution in [0.2, 0.25) is 5.02 Å². The highest BCUT2D eigenvalue weighted by Crippen LogP contribution is 2.25. The SMILES string of the molecule is CCc1ccc(OCC(=O)OCc2cc(=O)oc3cc(C)c(Cl)cc23)cc1. The van der Waals surface area contributed by atoms with Gasteiger partial charge < -0.3 is 13.9 Å². The minimum atomic E-state index is -0.533. The molecule has 0 radical (unpaired) electrons. The van der Waals surface area contributed by atoms with Crippen molar-refractivity contribution < 1.29 is 18.7 Å². The number of esters is 1. The van der Waals surface area contributed by atoms with Gasteiger partial charge in [-0.15, -0.1) is 0 Å². The van der Waals surface area contributed by atoms with E-state index in [9.17, 15) is 9.59 Å². The zero-order valence-corrected chi connectivity index (χ0v) is 15.8. The van der Waals surface area contributed by atoms with Crippen molar-refractivity contribution >= 4 is 28.5 Å². The van der Waals surface area contributed by atoms with E-state index in [1.807, 2.05) is 31.2 Å². The molecule has 0 N–H and O–H groups in total. The van der Waals surface area contributed by atoms with Gasteiger partial charge in [0.15, 0.2) is 6.61 Å². The van der Waals surface area contributed by atoms with Crippen molar-refractivity contribution in [1.29, 1.82) is 0 Å². The number of halogens is 1. The maximum absolute atomic E-state index is 12.0. The van der Waals surface area contributed by atoms with Crippen LogP contribution in [0.1, 0.15) is 23.6 Å². The van der Waals surface area contributed by atoms with Crippen LogP contribution in [0.15, 0.2) is 51.7 Å². The van der Waals surface area contributed by atoms with E-state index < -0.39 is 11.6 Å². The molecule has 3 rings (SSSR count). The topological polar surface area (TPSA) is 65.7 Å². The van der Waals surface area contributed by atoms with Gasteiger partial charge in [-0.2, -0.15) is 0 Å². The fourth-order valence-corrected chi connectivity index (χ4v) is 2.79. The highest BCUT2D eigenvalue weighted by atomic mass is 35.5. The summed E-state index contributed by atoms with van der Waals surface area (Å²) >= 11 is 6.15. The Bertz CT molecular complexity index is 1020. The number of aryl methyl sites for hydroxylation is 2. The Labute approximate surface area is 161 Å². The molecule has 0 aliphatic rings. The molecule has 0 saturated carbocycles. The third-order valence-corrected chi connectivity index (χ3v) is 4.59. The van der Waals surface area contributed by atoms with Crippen LogP contribution < -0.4 is 10.4 Å². The number of hydrogen-bond acceptors (Lipinski definition) is 5. The predicted octanol–water partition coefficient (Wildman–Crippen LogP) is 4.44. The van der Waals surface area contributed by atoms with E-state index in [4.69, 9.17) is 25.5 Å². The van der Waals surface area contributed by atoms with Crippen LogP contribution in [0.4, 0.5) is 0 Å². The lowest BCUT2D eigenvalue weighted by Gasteiger charge is -2.09. The van der Waals surface area contributed by atoms with Crippen molar-refractivity contribution in [3.8, 4) is 5.75 Å². The Morgan fingerprint density at radius 1 is 1.15 bits per heavy atom. The molecule has 0 fully saturated rings. The summed E-state index contributed by atoms with van der Waals surface area (Å²) in [5.41, 5.74) is 2.41. The lowest BCUT2D eigenvalue weighted by Crippen LogP contribution is -2.15. The fourth-order valence-electron chi connectivity index (χ4n) is 2.63. The fraction of sp³-hybridized carbons (Fsp3) is 0.238. The van der Waals surface area contributed by atoms with E-state index in [2.05, 4.69) is 6.92 Å². The van der Waals surface area contributed by atoms with Gasteiger partial charge in [0.05, 0.1) is 0 Å². The van der Waals surface area contributed by atoms with Crippen molar-refractivity contribution in [2.75, 3.05) is 6.61 Å². The molecule has 0 atom stereocenters. The molecule has 0 saturated heterocycles. The summed E-state index contributed by atoms with van der Waals surface area (Å²) < 4.78 is 15.9. The molecule has 6 heteroatoms. The Balaban J connectivity index is 1.66. The first-order chi connectivity index (χ1) is 13.0. The zero-order valence-electron chi connectivity index (χ0n) is 15.1. The first-order valence-electron chi connectivity index (χ1n) is 8.56. The van der Waals surface area contributed by atoms with Crippen LogP contribution in [-0.2, 0) is 22.6 Å². The Morgan fingerprint density at radius 3 is 2.59 bits per heavy atom. The van der Waals surface area contributed by atoms with Crippen molar-refractivity contribution in [2.45, 2.75) is 26.9 Å². The molecule has 0 unspecified atom stereocenters.